The van der Waals surface area contributed by atoms with Crippen LogP contribution in [0.5, 0.6) is 0 Å². The van der Waals surface area contributed by atoms with E-state index in [2.05, 4.69) is 42.0 Å². The van der Waals surface area contributed by atoms with Crippen LogP contribution in [0.1, 0.15) is 5.56 Å². The van der Waals surface area contributed by atoms with Crippen LogP contribution in [-0.4, -0.2) is 32.7 Å². The van der Waals surface area contributed by atoms with E-state index in [0.29, 0.717) is 15.9 Å². The lowest BCUT2D eigenvalue weighted by Crippen LogP contribution is -2.17. The molecule has 3 aromatic rings. The van der Waals surface area contributed by atoms with Gasteiger partial charge in [0.05, 0.1) is 17.7 Å². The van der Waals surface area contributed by atoms with Crippen LogP contribution in [-0.2, 0) is 4.79 Å². The number of halogens is 2. The highest BCUT2D eigenvalue weighted by Gasteiger charge is 2.12. The highest BCUT2D eigenvalue weighted by Crippen LogP contribution is 2.22. The van der Waals surface area contributed by atoms with Crippen LogP contribution in [0.25, 0.3) is 0 Å². The fourth-order valence-electron chi connectivity index (χ4n) is 2.08. The molecule has 0 bridgehead atoms. The molecule has 1 heterocycles. The second kappa shape index (κ2) is 9.58. The zero-order chi connectivity index (χ0) is 19.9. The van der Waals surface area contributed by atoms with E-state index in [1.54, 1.807) is 24.4 Å². The van der Waals surface area contributed by atoms with Gasteiger partial charge in [0, 0.05) is 9.50 Å². The third-order valence-corrected chi connectivity index (χ3v) is 5.24. The summed E-state index contributed by atoms with van der Waals surface area (Å²) in [6.07, 6.45) is 1.58. The minimum Gasteiger partial charge on any atom is -0.334 e. The summed E-state index contributed by atoms with van der Waals surface area (Å²) in [7, 11) is 0. The molecule has 0 aliphatic heterocycles. The molecular formula is C17H15BrClN7OS. The molecule has 1 amide bonds. The second-order valence-electron chi connectivity index (χ2n) is 5.42. The minimum absolute atomic E-state index is 0.127. The molecule has 0 saturated carbocycles. The lowest BCUT2D eigenvalue weighted by molar-refractivity contribution is -0.113. The van der Waals surface area contributed by atoms with Crippen molar-refractivity contribution in [2.24, 2.45) is 5.10 Å². The number of rotatable bonds is 7. The molecule has 0 saturated heterocycles. The van der Waals surface area contributed by atoms with Gasteiger partial charge in [0.1, 0.15) is 0 Å². The first-order valence-electron chi connectivity index (χ1n) is 7.95. The summed E-state index contributed by atoms with van der Waals surface area (Å²) >= 11 is 10.5. The predicted molar refractivity (Wildman–Crippen MR) is 116 cm³/mol. The van der Waals surface area contributed by atoms with Gasteiger partial charge in [0.15, 0.2) is 0 Å². The lowest BCUT2D eigenvalue weighted by Gasteiger charge is -2.06. The van der Waals surface area contributed by atoms with Gasteiger partial charge in [-0.3, -0.25) is 4.79 Å². The number of nitrogens with zero attached hydrogens (tertiary/aromatic N) is 4. The number of hydrogen-bond donors (Lipinski definition) is 3. The van der Waals surface area contributed by atoms with Crippen molar-refractivity contribution in [3.05, 3.63) is 63.6 Å². The Morgan fingerprint density at radius 3 is 2.89 bits per heavy atom. The van der Waals surface area contributed by atoms with E-state index in [1.807, 2.05) is 30.3 Å². The Labute approximate surface area is 178 Å². The number of anilines is 2. The topological polar surface area (TPSA) is 110 Å². The van der Waals surface area contributed by atoms with Crippen LogP contribution in [0.2, 0.25) is 5.02 Å². The zero-order valence-corrected chi connectivity index (χ0v) is 17.5. The Hall–Kier alpha value is -2.56. The van der Waals surface area contributed by atoms with Gasteiger partial charge in [-0.05, 0) is 45.8 Å². The molecule has 0 aliphatic carbocycles. The third kappa shape index (κ3) is 5.47. The number of carbonyl (C=O) groups is 1. The fraction of sp³-hybridized carbons (Fsp3) is 0.0588. The summed E-state index contributed by atoms with van der Waals surface area (Å²) in [5, 5.41) is 15.7. The molecule has 8 nitrogen and oxygen atoms in total. The Balaban J connectivity index is 1.54. The van der Waals surface area contributed by atoms with Crippen molar-refractivity contribution < 1.29 is 4.79 Å². The van der Waals surface area contributed by atoms with Gasteiger partial charge < -0.3 is 11.2 Å². The molecule has 0 radical (unpaired) electrons. The normalized spacial score (nSPS) is 10.9. The summed E-state index contributed by atoms with van der Waals surface area (Å²) in [5.74, 6) is 6.13. The maximum absolute atomic E-state index is 12.1. The number of amides is 1. The number of aromatic nitrogens is 3. The summed E-state index contributed by atoms with van der Waals surface area (Å²) in [6.45, 7) is 0. The third-order valence-electron chi connectivity index (χ3n) is 3.37. The Kier molecular flexibility index (Phi) is 6.90. The van der Waals surface area contributed by atoms with Crippen molar-refractivity contribution in [2.75, 3.05) is 22.3 Å². The number of nitrogen functional groups attached to an aromatic ring is 1. The number of para-hydroxylation sites is 1. The number of thioether (sulfide) groups is 1. The quantitative estimate of drug-likeness (QED) is 0.206. The van der Waals surface area contributed by atoms with Crippen LogP contribution in [0, 0.1) is 0 Å². The SMILES string of the molecule is Nn1c(N/N=C/c2cccc(Cl)c2)nnc1SCC(=O)Nc1ccccc1Br. The second-order valence-corrected chi connectivity index (χ2v) is 7.65. The minimum atomic E-state index is -0.187. The molecule has 1 aromatic heterocycles. The molecule has 11 heteroatoms. The van der Waals surface area contributed by atoms with Gasteiger partial charge in [0.2, 0.25) is 11.1 Å². The van der Waals surface area contributed by atoms with Crippen LogP contribution in [0.3, 0.4) is 0 Å². The van der Waals surface area contributed by atoms with Gasteiger partial charge >= 0.3 is 0 Å². The van der Waals surface area contributed by atoms with E-state index in [0.717, 1.165) is 21.8 Å². The van der Waals surface area contributed by atoms with Gasteiger partial charge in [-0.25, -0.2) is 10.1 Å². The molecule has 0 unspecified atom stereocenters. The van der Waals surface area contributed by atoms with Gasteiger partial charge in [-0.15, -0.1) is 10.2 Å². The molecule has 4 N–H and O–H groups in total. The number of carbonyl (C=O) groups excluding carboxylic acids is 1. The molecule has 0 spiro atoms. The summed E-state index contributed by atoms with van der Waals surface area (Å²) in [6, 6.07) is 14.6. The summed E-state index contributed by atoms with van der Waals surface area (Å²) in [4.78, 5) is 12.1. The maximum atomic E-state index is 12.1. The molecule has 0 aliphatic rings. The monoisotopic (exact) mass is 479 g/mol. The van der Waals surface area contributed by atoms with E-state index in [1.165, 1.54) is 4.68 Å². The van der Waals surface area contributed by atoms with Crippen molar-refractivity contribution in [1.29, 1.82) is 0 Å². The van der Waals surface area contributed by atoms with Gasteiger partial charge in [-0.1, -0.05) is 47.6 Å². The molecule has 0 atom stereocenters. The number of benzene rings is 2. The van der Waals surface area contributed by atoms with Crippen LogP contribution < -0.4 is 16.6 Å². The largest absolute Gasteiger partial charge is 0.334 e. The lowest BCUT2D eigenvalue weighted by atomic mass is 10.2. The molecule has 144 valence electrons. The van der Waals surface area contributed by atoms with E-state index in [-0.39, 0.29) is 17.6 Å². The molecule has 0 fully saturated rings. The highest BCUT2D eigenvalue weighted by molar-refractivity contribution is 9.10. The van der Waals surface area contributed by atoms with Crippen molar-refractivity contribution >= 4 is 63.1 Å². The van der Waals surface area contributed by atoms with Crippen molar-refractivity contribution in [1.82, 2.24) is 14.9 Å². The summed E-state index contributed by atoms with van der Waals surface area (Å²) < 4.78 is 2.03. The average Bonchev–Trinajstić information content (AvgIpc) is 3.02. The first-order valence-corrected chi connectivity index (χ1v) is 10.1. The predicted octanol–water partition coefficient (Wildman–Crippen LogP) is 3.58. The van der Waals surface area contributed by atoms with E-state index >= 15 is 0 Å². The van der Waals surface area contributed by atoms with E-state index in [9.17, 15) is 4.79 Å². The molecular weight excluding hydrogens is 466 g/mol. The molecule has 28 heavy (non-hydrogen) atoms. The van der Waals surface area contributed by atoms with Gasteiger partial charge in [-0.2, -0.15) is 5.10 Å². The smallest absolute Gasteiger partial charge is 0.264 e. The first kappa shape index (κ1) is 20.2. The van der Waals surface area contributed by atoms with Gasteiger partial charge in [0.25, 0.3) is 5.95 Å². The summed E-state index contributed by atoms with van der Waals surface area (Å²) in [5.41, 5.74) is 4.22. The standard InChI is InChI=1S/C17H15BrClN7OS/c18-13-6-1-2-7-14(13)22-15(27)10-28-17-25-24-16(26(17)20)23-21-9-11-4-3-5-12(19)8-11/h1-9H,10,20H2,(H,22,27)(H,23,24)/b21-9+. The Bertz CT molecular complexity index is 1010. The van der Waals surface area contributed by atoms with E-state index in [4.69, 9.17) is 17.4 Å². The zero-order valence-electron chi connectivity index (χ0n) is 14.3. The van der Waals surface area contributed by atoms with Crippen LogP contribution >= 0.6 is 39.3 Å². The first-order chi connectivity index (χ1) is 13.5. The molecule has 2 aromatic carbocycles. The maximum Gasteiger partial charge on any atom is 0.264 e. The highest BCUT2D eigenvalue weighted by atomic mass is 79.9. The molecule has 3 rings (SSSR count). The van der Waals surface area contributed by atoms with Crippen molar-refractivity contribution in [3.8, 4) is 0 Å². The van der Waals surface area contributed by atoms with Crippen molar-refractivity contribution in [3.63, 3.8) is 0 Å². The number of hydrogen-bond acceptors (Lipinski definition) is 7. The van der Waals surface area contributed by atoms with Crippen LogP contribution in [0.15, 0.2) is 63.3 Å². The number of hydrazone groups is 1. The average molecular weight is 481 g/mol. The number of nitrogens with two attached hydrogens (primary N) is 1. The Morgan fingerprint density at radius 2 is 2.11 bits per heavy atom. The van der Waals surface area contributed by atoms with Crippen LogP contribution in [0.4, 0.5) is 11.6 Å². The Morgan fingerprint density at radius 1 is 1.29 bits per heavy atom. The van der Waals surface area contributed by atoms with Crippen molar-refractivity contribution in [2.45, 2.75) is 5.16 Å². The fourth-order valence-corrected chi connectivity index (χ4v) is 3.32. The van der Waals surface area contributed by atoms with E-state index < -0.39 is 0 Å². The number of nitrogens with one attached hydrogen (secondary N) is 2.